The van der Waals surface area contributed by atoms with Crippen LogP contribution < -0.4 is 10.9 Å². The number of carbonyl (C=O) groups excluding carboxylic acids is 2. The van der Waals surface area contributed by atoms with Crippen LogP contribution in [0.1, 0.15) is 42.8 Å². The molecule has 2 rings (SSSR count). The summed E-state index contributed by atoms with van der Waals surface area (Å²) in [5.74, 6) is -0.666. The second-order valence-electron chi connectivity index (χ2n) is 5.32. The third-order valence-electron chi connectivity index (χ3n) is 3.50. The van der Waals surface area contributed by atoms with Crippen LogP contribution in [-0.2, 0) is 16.1 Å². The number of unbranched alkanes of at least 4 members (excludes halogenated alkanes) is 1. The molecule has 0 unspecified atom stereocenters. The van der Waals surface area contributed by atoms with E-state index in [9.17, 15) is 14.4 Å². The van der Waals surface area contributed by atoms with E-state index in [-0.39, 0.29) is 41.5 Å². The molecule has 0 spiro atoms. The van der Waals surface area contributed by atoms with Gasteiger partial charge in [0.25, 0.3) is 5.56 Å². The number of nitrogens with one attached hydrogen (secondary N) is 1. The molecule has 0 saturated carbocycles. The predicted octanol–water partition coefficient (Wildman–Crippen LogP) is 1.39. The van der Waals surface area contributed by atoms with Crippen LogP contribution in [0.15, 0.2) is 15.5 Å². The van der Waals surface area contributed by atoms with Gasteiger partial charge in [0.1, 0.15) is 29.6 Å². The first-order chi connectivity index (χ1) is 11.5. The highest BCUT2D eigenvalue weighted by molar-refractivity contribution is 6.03. The normalized spacial score (nSPS) is 10.8. The van der Waals surface area contributed by atoms with Crippen molar-refractivity contribution in [2.24, 2.45) is 0 Å². The molecule has 24 heavy (non-hydrogen) atoms. The smallest absolute Gasteiger partial charge is 0.342 e. The molecule has 0 radical (unpaired) electrons. The van der Waals surface area contributed by atoms with Gasteiger partial charge >= 0.3 is 5.97 Å². The highest BCUT2D eigenvalue weighted by atomic mass is 16.5. The molecule has 8 nitrogen and oxygen atoms in total. The number of amides is 1. The summed E-state index contributed by atoms with van der Waals surface area (Å²) in [6.07, 6.45) is 3.07. The van der Waals surface area contributed by atoms with Crippen molar-refractivity contribution in [1.82, 2.24) is 14.9 Å². The third kappa shape index (κ3) is 3.64. The Morgan fingerprint density at radius 3 is 2.79 bits per heavy atom. The number of furan rings is 1. The summed E-state index contributed by atoms with van der Waals surface area (Å²) >= 11 is 0. The molecular formula is C16H21N3O5. The van der Waals surface area contributed by atoms with Gasteiger partial charge < -0.3 is 14.5 Å². The molecule has 2 aromatic heterocycles. The van der Waals surface area contributed by atoms with Crippen molar-refractivity contribution >= 4 is 23.0 Å². The molecule has 8 heteroatoms. The van der Waals surface area contributed by atoms with E-state index in [1.54, 1.807) is 13.8 Å². The van der Waals surface area contributed by atoms with E-state index in [0.29, 0.717) is 6.54 Å². The van der Waals surface area contributed by atoms with Crippen molar-refractivity contribution in [2.45, 2.75) is 40.2 Å². The summed E-state index contributed by atoms with van der Waals surface area (Å²) < 4.78 is 11.5. The molecule has 0 bridgehead atoms. The Morgan fingerprint density at radius 2 is 2.12 bits per heavy atom. The Bertz CT molecular complexity index is 806. The minimum Gasteiger partial charge on any atom is -0.462 e. The standard InChI is InChI=1S/C16H21N3O5/c1-4-6-7-17-11(20)8-19-9-18-14-13(15(19)21)12(10(3)24-14)16(22)23-5-2/h9H,4-8H2,1-3H3,(H,17,20). The van der Waals surface area contributed by atoms with E-state index in [1.165, 1.54) is 6.33 Å². The number of ether oxygens (including phenoxy) is 1. The number of carbonyl (C=O) groups is 2. The quantitative estimate of drug-likeness (QED) is 0.606. The molecule has 2 heterocycles. The first-order valence-electron chi connectivity index (χ1n) is 7.91. The summed E-state index contributed by atoms with van der Waals surface area (Å²) in [6, 6.07) is 0. The van der Waals surface area contributed by atoms with Gasteiger partial charge in [0.2, 0.25) is 11.6 Å². The van der Waals surface area contributed by atoms with Gasteiger partial charge in [0.05, 0.1) is 6.61 Å². The number of hydrogen-bond acceptors (Lipinski definition) is 6. The Morgan fingerprint density at radius 1 is 1.38 bits per heavy atom. The Kier molecular flexibility index (Phi) is 5.73. The molecule has 0 atom stereocenters. The Labute approximate surface area is 138 Å². The number of esters is 1. The maximum absolute atomic E-state index is 12.6. The molecule has 1 N–H and O–H groups in total. The number of rotatable bonds is 7. The summed E-state index contributed by atoms with van der Waals surface area (Å²) in [5, 5.41) is 2.77. The second-order valence-corrected chi connectivity index (χ2v) is 5.32. The third-order valence-corrected chi connectivity index (χ3v) is 3.50. The van der Waals surface area contributed by atoms with E-state index < -0.39 is 11.5 Å². The van der Waals surface area contributed by atoms with Crippen LogP contribution in [0, 0.1) is 6.92 Å². The zero-order valence-electron chi connectivity index (χ0n) is 14.0. The van der Waals surface area contributed by atoms with Crippen LogP contribution >= 0.6 is 0 Å². The van der Waals surface area contributed by atoms with Crippen molar-refractivity contribution in [3.05, 3.63) is 28.0 Å². The summed E-state index contributed by atoms with van der Waals surface area (Å²) in [7, 11) is 0. The van der Waals surface area contributed by atoms with Crippen molar-refractivity contribution in [1.29, 1.82) is 0 Å². The lowest BCUT2D eigenvalue weighted by Gasteiger charge is -2.06. The van der Waals surface area contributed by atoms with Gasteiger partial charge in [-0.3, -0.25) is 14.2 Å². The topological polar surface area (TPSA) is 103 Å². The van der Waals surface area contributed by atoms with Crippen LogP contribution in [0.4, 0.5) is 0 Å². The molecule has 130 valence electrons. The van der Waals surface area contributed by atoms with Gasteiger partial charge in [0.15, 0.2) is 0 Å². The minimum atomic E-state index is -0.641. The largest absolute Gasteiger partial charge is 0.462 e. The van der Waals surface area contributed by atoms with Gasteiger partial charge in [-0.2, -0.15) is 0 Å². The molecule has 0 aliphatic carbocycles. The SMILES string of the molecule is CCCCNC(=O)Cn1cnc2oc(C)c(C(=O)OCC)c2c1=O. The summed E-state index contributed by atoms with van der Waals surface area (Å²) in [5.41, 5.74) is -0.390. The minimum absolute atomic E-state index is 0.0369. The maximum atomic E-state index is 12.6. The van der Waals surface area contributed by atoms with E-state index in [0.717, 1.165) is 17.4 Å². The fraction of sp³-hybridized carbons (Fsp3) is 0.500. The Balaban J connectivity index is 2.35. The number of hydrogen-bond donors (Lipinski definition) is 1. The van der Waals surface area contributed by atoms with Gasteiger partial charge in [-0.15, -0.1) is 0 Å². The van der Waals surface area contributed by atoms with E-state index >= 15 is 0 Å². The number of aryl methyl sites for hydroxylation is 1. The van der Waals surface area contributed by atoms with Gasteiger partial charge in [-0.25, -0.2) is 9.78 Å². The molecular weight excluding hydrogens is 314 g/mol. The van der Waals surface area contributed by atoms with Crippen LogP contribution in [-0.4, -0.2) is 34.6 Å². The zero-order chi connectivity index (χ0) is 17.7. The lowest BCUT2D eigenvalue weighted by Crippen LogP contribution is -2.33. The van der Waals surface area contributed by atoms with Crippen molar-refractivity contribution in [3.63, 3.8) is 0 Å². The highest BCUT2D eigenvalue weighted by Gasteiger charge is 2.24. The lowest BCUT2D eigenvalue weighted by atomic mass is 10.2. The lowest BCUT2D eigenvalue weighted by molar-refractivity contribution is -0.121. The molecule has 0 aromatic carbocycles. The van der Waals surface area contributed by atoms with Gasteiger partial charge in [-0.05, 0) is 20.3 Å². The average Bonchev–Trinajstić information content (AvgIpc) is 2.87. The van der Waals surface area contributed by atoms with Gasteiger partial charge in [-0.1, -0.05) is 13.3 Å². The highest BCUT2D eigenvalue weighted by Crippen LogP contribution is 2.21. The van der Waals surface area contributed by atoms with Crippen LogP contribution in [0.5, 0.6) is 0 Å². The average molecular weight is 335 g/mol. The number of nitrogens with zero attached hydrogens (tertiary/aromatic N) is 2. The summed E-state index contributed by atoms with van der Waals surface area (Å²) in [4.78, 5) is 40.6. The molecule has 0 aliphatic heterocycles. The fourth-order valence-corrected chi connectivity index (χ4v) is 2.31. The van der Waals surface area contributed by atoms with Crippen LogP contribution in [0.2, 0.25) is 0 Å². The maximum Gasteiger partial charge on any atom is 0.342 e. The molecule has 0 saturated heterocycles. The second kappa shape index (κ2) is 7.76. The molecule has 0 fully saturated rings. The fourth-order valence-electron chi connectivity index (χ4n) is 2.31. The summed E-state index contributed by atoms with van der Waals surface area (Å²) in [6.45, 7) is 5.82. The van der Waals surface area contributed by atoms with E-state index in [2.05, 4.69) is 10.3 Å². The van der Waals surface area contributed by atoms with Crippen LogP contribution in [0.25, 0.3) is 11.1 Å². The molecule has 2 aromatic rings. The van der Waals surface area contributed by atoms with Crippen molar-refractivity contribution < 1.29 is 18.7 Å². The zero-order valence-corrected chi connectivity index (χ0v) is 14.0. The first kappa shape index (κ1) is 17.7. The van der Waals surface area contributed by atoms with Crippen LogP contribution in [0.3, 0.4) is 0 Å². The van der Waals surface area contributed by atoms with E-state index in [4.69, 9.17) is 9.15 Å². The predicted molar refractivity (Wildman–Crippen MR) is 86.9 cm³/mol. The number of fused-ring (bicyclic) bond motifs is 1. The molecule has 0 aliphatic rings. The van der Waals surface area contributed by atoms with E-state index in [1.807, 2.05) is 6.92 Å². The van der Waals surface area contributed by atoms with Crippen molar-refractivity contribution in [3.8, 4) is 0 Å². The van der Waals surface area contributed by atoms with Crippen molar-refractivity contribution in [2.75, 3.05) is 13.2 Å². The number of aromatic nitrogens is 2. The molecule has 1 amide bonds. The Hall–Kier alpha value is -2.64. The van der Waals surface area contributed by atoms with Gasteiger partial charge in [0, 0.05) is 6.54 Å². The first-order valence-corrected chi connectivity index (χ1v) is 7.91. The monoisotopic (exact) mass is 335 g/mol.